The summed E-state index contributed by atoms with van der Waals surface area (Å²) in [7, 11) is 0. The number of nitrogens with zero attached hydrogens (tertiary/aromatic N) is 1. The van der Waals surface area contributed by atoms with E-state index in [1.165, 1.54) is 25.7 Å². The van der Waals surface area contributed by atoms with Gasteiger partial charge in [-0.05, 0) is 32.6 Å². The van der Waals surface area contributed by atoms with Crippen molar-refractivity contribution in [2.45, 2.75) is 51.1 Å². The first-order valence-corrected chi connectivity index (χ1v) is 6.84. The van der Waals surface area contributed by atoms with Crippen molar-refractivity contribution in [3.63, 3.8) is 0 Å². The van der Waals surface area contributed by atoms with Gasteiger partial charge in [0.2, 0.25) is 0 Å². The SMILES string of the molecule is CC(C)(C(N)C1CCCC1)N1CCNCC1. The molecule has 16 heavy (non-hydrogen) atoms. The van der Waals surface area contributed by atoms with E-state index in [0.717, 1.165) is 32.1 Å². The van der Waals surface area contributed by atoms with Crippen molar-refractivity contribution >= 4 is 0 Å². The normalized spacial score (nSPS) is 27.2. The molecule has 1 aliphatic carbocycles. The molecule has 0 bridgehead atoms. The molecule has 3 heteroatoms. The van der Waals surface area contributed by atoms with Gasteiger partial charge in [0.05, 0.1) is 0 Å². The number of piperazine rings is 1. The van der Waals surface area contributed by atoms with Gasteiger partial charge in [-0.25, -0.2) is 0 Å². The van der Waals surface area contributed by atoms with Crippen LogP contribution in [-0.2, 0) is 0 Å². The number of nitrogens with one attached hydrogen (secondary N) is 1. The van der Waals surface area contributed by atoms with Gasteiger partial charge >= 0.3 is 0 Å². The summed E-state index contributed by atoms with van der Waals surface area (Å²) in [5.41, 5.74) is 6.69. The maximum atomic E-state index is 6.53. The van der Waals surface area contributed by atoms with Gasteiger partial charge in [0, 0.05) is 37.8 Å². The minimum atomic E-state index is 0.164. The van der Waals surface area contributed by atoms with Gasteiger partial charge in [0.1, 0.15) is 0 Å². The molecule has 1 saturated heterocycles. The molecule has 1 saturated carbocycles. The molecule has 0 radical (unpaired) electrons. The lowest BCUT2D eigenvalue weighted by Crippen LogP contribution is -2.62. The fourth-order valence-corrected chi connectivity index (χ4v) is 3.35. The Morgan fingerprint density at radius 1 is 1.19 bits per heavy atom. The second-order valence-corrected chi connectivity index (χ2v) is 5.96. The lowest BCUT2D eigenvalue weighted by molar-refractivity contribution is 0.0613. The first-order valence-electron chi connectivity index (χ1n) is 6.84. The van der Waals surface area contributed by atoms with Gasteiger partial charge in [-0.1, -0.05) is 12.8 Å². The fraction of sp³-hybridized carbons (Fsp3) is 1.00. The van der Waals surface area contributed by atoms with Gasteiger partial charge in [-0.2, -0.15) is 0 Å². The highest BCUT2D eigenvalue weighted by Crippen LogP contribution is 2.33. The molecule has 0 amide bonds. The van der Waals surface area contributed by atoms with E-state index in [9.17, 15) is 0 Å². The Balaban J connectivity index is 1.98. The first kappa shape index (κ1) is 12.3. The first-order chi connectivity index (χ1) is 7.62. The molecule has 0 aromatic carbocycles. The molecule has 2 fully saturated rings. The second kappa shape index (κ2) is 5.03. The minimum absolute atomic E-state index is 0.164. The van der Waals surface area contributed by atoms with Crippen LogP contribution in [0.1, 0.15) is 39.5 Å². The van der Waals surface area contributed by atoms with Crippen LogP contribution in [0.3, 0.4) is 0 Å². The lowest BCUT2D eigenvalue weighted by Gasteiger charge is -2.46. The summed E-state index contributed by atoms with van der Waals surface area (Å²) in [6, 6.07) is 0.341. The molecule has 2 aliphatic rings. The monoisotopic (exact) mass is 225 g/mol. The van der Waals surface area contributed by atoms with Crippen molar-refractivity contribution < 1.29 is 0 Å². The molecule has 1 atom stereocenters. The Bertz CT molecular complexity index is 215. The quantitative estimate of drug-likeness (QED) is 0.758. The van der Waals surface area contributed by atoms with E-state index in [1.807, 2.05) is 0 Å². The molecule has 3 N–H and O–H groups in total. The van der Waals surface area contributed by atoms with Crippen LogP contribution in [0, 0.1) is 5.92 Å². The number of nitrogens with two attached hydrogens (primary N) is 1. The summed E-state index contributed by atoms with van der Waals surface area (Å²) in [5, 5.41) is 3.41. The molecule has 0 aromatic heterocycles. The summed E-state index contributed by atoms with van der Waals surface area (Å²) in [6.45, 7) is 9.19. The van der Waals surface area contributed by atoms with E-state index in [0.29, 0.717) is 6.04 Å². The highest BCUT2D eigenvalue weighted by molar-refractivity contribution is 4.97. The van der Waals surface area contributed by atoms with Crippen molar-refractivity contribution in [1.29, 1.82) is 0 Å². The zero-order valence-electron chi connectivity index (χ0n) is 10.8. The molecule has 94 valence electrons. The van der Waals surface area contributed by atoms with Crippen molar-refractivity contribution in [2.75, 3.05) is 26.2 Å². The van der Waals surface area contributed by atoms with Gasteiger partial charge in [-0.15, -0.1) is 0 Å². The van der Waals surface area contributed by atoms with Crippen LogP contribution < -0.4 is 11.1 Å². The van der Waals surface area contributed by atoms with E-state index in [2.05, 4.69) is 24.1 Å². The van der Waals surface area contributed by atoms with E-state index >= 15 is 0 Å². The third-order valence-corrected chi connectivity index (χ3v) is 4.66. The van der Waals surface area contributed by atoms with Gasteiger partial charge in [0.15, 0.2) is 0 Å². The maximum absolute atomic E-state index is 6.53. The summed E-state index contributed by atoms with van der Waals surface area (Å²) in [6.07, 6.45) is 5.46. The van der Waals surface area contributed by atoms with E-state index in [4.69, 9.17) is 5.73 Å². The van der Waals surface area contributed by atoms with E-state index in [-0.39, 0.29) is 5.54 Å². The van der Waals surface area contributed by atoms with Gasteiger partial charge in [-0.3, -0.25) is 4.90 Å². The molecule has 1 heterocycles. The van der Waals surface area contributed by atoms with E-state index in [1.54, 1.807) is 0 Å². The summed E-state index contributed by atoms with van der Waals surface area (Å²) in [5.74, 6) is 0.755. The Kier molecular flexibility index (Phi) is 3.88. The third kappa shape index (κ3) is 2.41. The zero-order valence-corrected chi connectivity index (χ0v) is 10.8. The standard InChI is InChI=1S/C13H27N3/c1-13(2,16-9-7-15-8-10-16)12(14)11-5-3-4-6-11/h11-12,15H,3-10,14H2,1-2H3. The average molecular weight is 225 g/mol. The zero-order chi connectivity index (χ0) is 11.6. The summed E-state index contributed by atoms with van der Waals surface area (Å²) in [4.78, 5) is 2.58. The largest absolute Gasteiger partial charge is 0.326 e. The number of hydrogen-bond donors (Lipinski definition) is 2. The van der Waals surface area contributed by atoms with Crippen molar-refractivity contribution in [3.8, 4) is 0 Å². The summed E-state index contributed by atoms with van der Waals surface area (Å²) < 4.78 is 0. The fourth-order valence-electron chi connectivity index (χ4n) is 3.35. The van der Waals surface area contributed by atoms with Gasteiger partial charge in [0.25, 0.3) is 0 Å². The van der Waals surface area contributed by atoms with Crippen molar-refractivity contribution in [1.82, 2.24) is 10.2 Å². The molecule has 0 aromatic rings. The van der Waals surface area contributed by atoms with Crippen LogP contribution in [0.2, 0.25) is 0 Å². The predicted molar refractivity (Wildman–Crippen MR) is 68.5 cm³/mol. The summed E-state index contributed by atoms with van der Waals surface area (Å²) >= 11 is 0. The minimum Gasteiger partial charge on any atom is -0.326 e. The Labute approximate surface area is 99.8 Å². The highest BCUT2D eigenvalue weighted by atomic mass is 15.2. The van der Waals surface area contributed by atoms with Crippen LogP contribution in [-0.4, -0.2) is 42.7 Å². The van der Waals surface area contributed by atoms with Crippen LogP contribution in [0.5, 0.6) is 0 Å². The topological polar surface area (TPSA) is 41.3 Å². The molecule has 1 unspecified atom stereocenters. The van der Waals surface area contributed by atoms with Crippen molar-refractivity contribution in [2.24, 2.45) is 11.7 Å². The molecule has 3 nitrogen and oxygen atoms in total. The second-order valence-electron chi connectivity index (χ2n) is 5.96. The van der Waals surface area contributed by atoms with Crippen LogP contribution in [0.4, 0.5) is 0 Å². The van der Waals surface area contributed by atoms with Crippen LogP contribution >= 0.6 is 0 Å². The average Bonchev–Trinajstić information content (AvgIpc) is 2.82. The Morgan fingerprint density at radius 2 is 1.75 bits per heavy atom. The smallest absolute Gasteiger partial charge is 0.0307 e. The third-order valence-electron chi connectivity index (χ3n) is 4.66. The molecule has 1 aliphatic heterocycles. The van der Waals surface area contributed by atoms with Crippen LogP contribution in [0.25, 0.3) is 0 Å². The number of hydrogen-bond acceptors (Lipinski definition) is 3. The lowest BCUT2D eigenvalue weighted by atomic mass is 9.82. The molecular formula is C13H27N3. The highest BCUT2D eigenvalue weighted by Gasteiger charge is 2.38. The Hall–Kier alpha value is -0.120. The number of rotatable bonds is 3. The van der Waals surface area contributed by atoms with Crippen LogP contribution in [0.15, 0.2) is 0 Å². The molecular weight excluding hydrogens is 198 g/mol. The molecule has 2 rings (SSSR count). The maximum Gasteiger partial charge on any atom is 0.0307 e. The van der Waals surface area contributed by atoms with E-state index < -0.39 is 0 Å². The van der Waals surface area contributed by atoms with Gasteiger partial charge < -0.3 is 11.1 Å². The Morgan fingerprint density at radius 3 is 2.31 bits per heavy atom. The predicted octanol–water partition coefficient (Wildman–Crippen LogP) is 1.19. The van der Waals surface area contributed by atoms with Crippen molar-refractivity contribution in [3.05, 3.63) is 0 Å². The molecule has 0 spiro atoms.